The fourth-order valence-electron chi connectivity index (χ4n) is 6.12. The molecule has 1 saturated heterocycles. The van der Waals surface area contributed by atoms with Gasteiger partial charge >= 0.3 is 5.97 Å². The maximum absolute atomic E-state index is 12.9. The first-order chi connectivity index (χ1) is 17.8. The number of ether oxygens (including phenoxy) is 2. The van der Waals surface area contributed by atoms with E-state index >= 15 is 0 Å². The van der Waals surface area contributed by atoms with Crippen molar-refractivity contribution in [2.45, 2.75) is 49.7 Å². The number of nitrogens with one attached hydrogen (secondary N) is 1. The summed E-state index contributed by atoms with van der Waals surface area (Å²) in [7, 11) is 1.64. The summed E-state index contributed by atoms with van der Waals surface area (Å²) < 4.78 is 11.8. The molecule has 3 atom stereocenters. The van der Waals surface area contributed by atoms with Gasteiger partial charge in [-0.15, -0.1) is 6.58 Å². The molecule has 2 fully saturated rings. The number of fused-ring (bicyclic) bond motifs is 1. The standard InChI is InChI=1S/C30H36N2O5/c1-4-16-32-17-15-29(24-8-6-10-27(19-24)36-3)20-25(13-14-30(29,21-32)37-22(2)33)31-28(35)12-11-23-7-5-9-26(34)18-23/h4-12,18-19,25,34H,1,13-17,20-21H2,2-3H3,(H,31,35)/t25-,29-,30-/m0/s1. The highest BCUT2D eigenvalue weighted by molar-refractivity contribution is 5.92. The Morgan fingerprint density at radius 3 is 2.76 bits per heavy atom. The van der Waals surface area contributed by atoms with E-state index in [2.05, 4.69) is 22.9 Å². The number of phenolic OH excluding ortho intramolecular Hbond substituents is 1. The van der Waals surface area contributed by atoms with Gasteiger partial charge < -0.3 is 19.9 Å². The number of carbonyl (C=O) groups excluding carboxylic acids is 2. The summed E-state index contributed by atoms with van der Waals surface area (Å²) in [6, 6.07) is 14.7. The van der Waals surface area contributed by atoms with Crippen molar-refractivity contribution in [1.29, 1.82) is 0 Å². The van der Waals surface area contributed by atoms with Crippen molar-refractivity contribution in [3.63, 3.8) is 0 Å². The minimum atomic E-state index is -0.731. The summed E-state index contributed by atoms with van der Waals surface area (Å²) in [4.78, 5) is 27.6. The number of rotatable bonds is 8. The second-order valence-corrected chi connectivity index (χ2v) is 10.1. The van der Waals surface area contributed by atoms with Crippen molar-refractivity contribution < 1.29 is 24.2 Å². The van der Waals surface area contributed by atoms with Crippen LogP contribution in [0.1, 0.15) is 43.7 Å². The van der Waals surface area contributed by atoms with Crippen LogP contribution in [0.2, 0.25) is 0 Å². The molecule has 1 saturated carbocycles. The number of aromatic hydroxyl groups is 1. The summed E-state index contributed by atoms with van der Waals surface area (Å²) in [5.74, 6) is 0.402. The predicted octanol–water partition coefficient (Wildman–Crippen LogP) is 4.21. The van der Waals surface area contributed by atoms with Crippen LogP contribution in [0.3, 0.4) is 0 Å². The molecule has 1 aliphatic carbocycles. The smallest absolute Gasteiger partial charge is 0.303 e. The zero-order valence-corrected chi connectivity index (χ0v) is 21.6. The molecule has 2 aromatic rings. The molecule has 0 bridgehead atoms. The van der Waals surface area contributed by atoms with E-state index in [1.807, 2.05) is 30.3 Å². The number of phenols is 1. The molecular formula is C30H36N2O5. The number of nitrogens with zero attached hydrogens (tertiary/aromatic N) is 1. The van der Waals surface area contributed by atoms with E-state index in [0.29, 0.717) is 25.8 Å². The fourth-order valence-corrected chi connectivity index (χ4v) is 6.12. The van der Waals surface area contributed by atoms with Crippen LogP contribution in [0, 0.1) is 0 Å². The number of amides is 1. The third kappa shape index (κ3) is 5.72. The predicted molar refractivity (Wildman–Crippen MR) is 143 cm³/mol. The van der Waals surface area contributed by atoms with Gasteiger partial charge in [0.2, 0.25) is 5.91 Å². The molecular weight excluding hydrogens is 468 g/mol. The van der Waals surface area contributed by atoms with E-state index in [0.717, 1.165) is 36.4 Å². The van der Waals surface area contributed by atoms with Gasteiger partial charge in [-0.25, -0.2) is 0 Å². The first kappa shape index (κ1) is 26.5. The average Bonchev–Trinajstić information content (AvgIpc) is 2.87. The second-order valence-electron chi connectivity index (χ2n) is 10.1. The number of esters is 1. The van der Waals surface area contributed by atoms with Crippen molar-refractivity contribution in [3.05, 3.63) is 78.4 Å². The molecule has 1 amide bonds. The summed E-state index contributed by atoms with van der Waals surface area (Å²) in [5.41, 5.74) is 0.580. The summed E-state index contributed by atoms with van der Waals surface area (Å²) in [6.45, 7) is 7.51. The molecule has 37 heavy (non-hydrogen) atoms. The zero-order chi connectivity index (χ0) is 26.5. The van der Waals surface area contributed by atoms with Gasteiger partial charge in [0.25, 0.3) is 0 Å². The maximum Gasteiger partial charge on any atom is 0.303 e. The lowest BCUT2D eigenvalue weighted by Gasteiger charge is -2.59. The van der Waals surface area contributed by atoms with Crippen LogP contribution in [-0.2, 0) is 19.7 Å². The molecule has 1 heterocycles. The highest BCUT2D eigenvalue weighted by atomic mass is 16.6. The van der Waals surface area contributed by atoms with Crippen molar-refractivity contribution in [3.8, 4) is 11.5 Å². The van der Waals surface area contributed by atoms with Crippen LogP contribution in [0.25, 0.3) is 6.08 Å². The van der Waals surface area contributed by atoms with E-state index in [1.165, 1.54) is 13.0 Å². The molecule has 7 heteroatoms. The van der Waals surface area contributed by atoms with Crippen molar-refractivity contribution >= 4 is 18.0 Å². The van der Waals surface area contributed by atoms with E-state index in [4.69, 9.17) is 9.47 Å². The van der Waals surface area contributed by atoms with Crippen molar-refractivity contribution in [2.75, 3.05) is 26.7 Å². The average molecular weight is 505 g/mol. The van der Waals surface area contributed by atoms with E-state index in [-0.39, 0.29) is 23.7 Å². The molecule has 7 nitrogen and oxygen atoms in total. The van der Waals surface area contributed by atoms with E-state index < -0.39 is 11.0 Å². The monoisotopic (exact) mass is 504 g/mol. The highest BCUT2D eigenvalue weighted by Crippen LogP contribution is 2.54. The van der Waals surface area contributed by atoms with Crippen LogP contribution in [-0.4, -0.2) is 60.3 Å². The van der Waals surface area contributed by atoms with Crippen LogP contribution in [0.5, 0.6) is 11.5 Å². The molecule has 2 aliphatic rings. The Balaban J connectivity index is 1.65. The fraction of sp³-hybridized carbons (Fsp3) is 0.400. The van der Waals surface area contributed by atoms with Crippen LogP contribution >= 0.6 is 0 Å². The van der Waals surface area contributed by atoms with Crippen LogP contribution in [0.4, 0.5) is 0 Å². The Morgan fingerprint density at radius 1 is 1.22 bits per heavy atom. The largest absolute Gasteiger partial charge is 0.508 e. The van der Waals surface area contributed by atoms with Gasteiger partial charge in [0.15, 0.2) is 0 Å². The molecule has 4 rings (SSSR count). The van der Waals surface area contributed by atoms with Gasteiger partial charge in [0.1, 0.15) is 17.1 Å². The first-order valence-electron chi connectivity index (χ1n) is 12.7. The van der Waals surface area contributed by atoms with Crippen LogP contribution < -0.4 is 10.1 Å². The SMILES string of the molecule is C=CCN1CC[C@@]2(c3cccc(OC)c3)C[C@@H](NC(=O)C=Cc3cccc(O)c3)CC[C@]2(OC(C)=O)C1. The van der Waals surface area contributed by atoms with Gasteiger partial charge in [-0.3, -0.25) is 14.5 Å². The number of hydrogen-bond donors (Lipinski definition) is 2. The number of likely N-dealkylation sites (tertiary alicyclic amines) is 1. The van der Waals surface area contributed by atoms with Gasteiger partial charge in [-0.05, 0) is 73.7 Å². The Labute approximate surface area is 218 Å². The first-order valence-corrected chi connectivity index (χ1v) is 12.7. The summed E-state index contributed by atoms with van der Waals surface area (Å²) in [5, 5.41) is 12.9. The van der Waals surface area contributed by atoms with Gasteiger partial charge in [-0.2, -0.15) is 0 Å². The lowest BCUT2D eigenvalue weighted by molar-refractivity contribution is -0.186. The summed E-state index contributed by atoms with van der Waals surface area (Å²) >= 11 is 0. The molecule has 0 spiro atoms. The zero-order valence-electron chi connectivity index (χ0n) is 21.6. The second kappa shape index (κ2) is 11.2. The molecule has 196 valence electrons. The Hall–Kier alpha value is -3.58. The normalized spacial score (nSPS) is 25.7. The minimum absolute atomic E-state index is 0.0952. The molecule has 2 N–H and O–H groups in total. The Morgan fingerprint density at radius 2 is 2.03 bits per heavy atom. The Bertz CT molecular complexity index is 1180. The van der Waals surface area contributed by atoms with Gasteiger partial charge in [-0.1, -0.05) is 30.3 Å². The quantitative estimate of drug-likeness (QED) is 0.318. The van der Waals surface area contributed by atoms with Crippen molar-refractivity contribution in [2.24, 2.45) is 0 Å². The number of benzene rings is 2. The molecule has 1 aliphatic heterocycles. The van der Waals surface area contributed by atoms with Gasteiger partial charge in [0, 0.05) is 37.5 Å². The topological polar surface area (TPSA) is 88.1 Å². The lowest BCUT2D eigenvalue weighted by Crippen LogP contribution is -2.68. The Kier molecular flexibility index (Phi) is 8.03. The maximum atomic E-state index is 12.9. The third-order valence-corrected chi connectivity index (χ3v) is 7.69. The minimum Gasteiger partial charge on any atom is -0.508 e. The molecule has 2 aromatic carbocycles. The van der Waals surface area contributed by atoms with Crippen LogP contribution in [0.15, 0.2) is 67.3 Å². The third-order valence-electron chi connectivity index (χ3n) is 7.69. The van der Waals surface area contributed by atoms with Crippen molar-refractivity contribution in [1.82, 2.24) is 10.2 Å². The van der Waals surface area contributed by atoms with Gasteiger partial charge in [0.05, 0.1) is 7.11 Å². The molecule has 0 radical (unpaired) electrons. The summed E-state index contributed by atoms with van der Waals surface area (Å²) in [6.07, 6.45) is 7.78. The lowest BCUT2D eigenvalue weighted by atomic mass is 9.55. The van der Waals surface area contributed by atoms with E-state index in [1.54, 1.807) is 31.4 Å². The number of carbonyl (C=O) groups is 2. The highest BCUT2D eigenvalue weighted by Gasteiger charge is 2.60. The van der Waals surface area contributed by atoms with E-state index in [9.17, 15) is 14.7 Å². The number of methoxy groups -OCH3 is 1. The number of hydrogen-bond acceptors (Lipinski definition) is 6. The molecule has 0 unspecified atom stereocenters. The number of piperidine rings is 1. The molecule has 0 aromatic heterocycles.